The Kier molecular flexibility index (Phi) is 3.48. The molecule has 3 N–H and O–H groups in total. The lowest BCUT2D eigenvalue weighted by molar-refractivity contribution is -0.136. The molecule has 0 atom stereocenters. The number of phenolic OH excluding ortho intramolecular Hbond substituents is 1. The van der Waals surface area contributed by atoms with Gasteiger partial charge in [0.2, 0.25) is 0 Å². The minimum absolute atomic E-state index is 0.0641. The molecule has 0 saturated heterocycles. The predicted octanol–water partition coefficient (Wildman–Crippen LogP) is 0.739. The maximum atomic E-state index is 10.5. The fraction of sp³-hybridized carbons (Fsp3) is 0.300. The van der Waals surface area contributed by atoms with Crippen molar-refractivity contribution in [3.05, 3.63) is 29.3 Å². The number of carboxylic acids is 1. The first kappa shape index (κ1) is 10.5. The lowest BCUT2D eigenvalue weighted by atomic mass is 10.0. The first-order valence-electron chi connectivity index (χ1n) is 4.30. The quantitative estimate of drug-likeness (QED) is 0.662. The SMILES string of the molecule is CNCc1ccc(O)cc1CC(=O)O. The highest BCUT2D eigenvalue weighted by Crippen LogP contribution is 2.17. The van der Waals surface area contributed by atoms with E-state index < -0.39 is 5.97 Å². The van der Waals surface area contributed by atoms with Gasteiger partial charge in [-0.1, -0.05) is 6.07 Å². The summed E-state index contributed by atoms with van der Waals surface area (Å²) in [6.45, 7) is 0.600. The molecule has 0 unspecified atom stereocenters. The molecule has 0 radical (unpaired) electrons. The fourth-order valence-electron chi connectivity index (χ4n) is 1.30. The molecule has 0 aromatic heterocycles. The van der Waals surface area contributed by atoms with Crippen molar-refractivity contribution in [3.63, 3.8) is 0 Å². The molecule has 1 aromatic rings. The Balaban J connectivity index is 2.96. The zero-order chi connectivity index (χ0) is 10.6. The number of aromatic hydroxyl groups is 1. The van der Waals surface area contributed by atoms with Crippen molar-refractivity contribution in [3.8, 4) is 5.75 Å². The molecule has 14 heavy (non-hydrogen) atoms. The number of hydrogen-bond acceptors (Lipinski definition) is 3. The number of carboxylic acid groups (broad SMARTS) is 1. The highest BCUT2D eigenvalue weighted by molar-refractivity contribution is 5.71. The van der Waals surface area contributed by atoms with Crippen molar-refractivity contribution in [1.29, 1.82) is 0 Å². The van der Waals surface area contributed by atoms with E-state index in [2.05, 4.69) is 5.32 Å². The molecule has 0 fully saturated rings. The maximum Gasteiger partial charge on any atom is 0.307 e. The highest BCUT2D eigenvalue weighted by atomic mass is 16.4. The Hall–Kier alpha value is -1.55. The van der Waals surface area contributed by atoms with Crippen molar-refractivity contribution in [1.82, 2.24) is 5.32 Å². The molecule has 1 aromatic carbocycles. The van der Waals surface area contributed by atoms with Gasteiger partial charge in [-0.25, -0.2) is 0 Å². The third kappa shape index (κ3) is 2.74. The molecule has 0 saturated carbocycles. The summed E-state index contributed by atoms with van der Waals surface area (Å²) in [7, 11) is 1.79. The second-order valence-electron chi connectivity index (χ2n) is 3.05. The van der Waals surface area contributed by atoms with Crippen LogP contribution in [0.2, 0.25) is 0 Å². The second-order valence-corrected chi connectivity index (χ2v) is 3.05. The molecule has 0 aliphatic rings. The van der Waals surface area contributed by atoms with E-state index in [1.54, 1.807) is 19.2 Å². The second kappa shape index (κ2) is 4.62. The third-order valence-electron chi connectivity index (χ3n) is 1.90. The van der Waals surface area contributed by atoms with Crippen LogP contribution < -0.4 is 5.32 Å². The molecule has 0 bridgehead atoms. The molecule has 1 rings (SSSR count). The molecule has 0 heterocycles. The first-order valence-corrected chi connectivity index (χ1v) is 4.30. The van der Waals surface area contributed by atoms with Crippen molar-refractivity contribution in [2.24, 2.45) is 0 Å². The molecule has 0 spiro atoms. The summed E-state index contributed by atoms with van der Waals surface area (Å²) in [4.78, 5) is 10.5. The van der Waals surface area contributed by atoms with Crippen molar-refractivity contribution in [2.45, 2.75) is 13.0 Å². The summed E-state index contributed by atoms with van der Waals surface area (Å²) in [6, 6.07) is 4.77. The van der Waals surface area contributed by atoms with E-state index in [9.17, 15) is 9.90 Å². The Morgan fingerprint density at radius 3 is 2.71 bits per heavy atom. The number of benzene rings is 1. The van der Waals surface area contributed by atoms with Gasteiger partial charge in [-0.15, -0.1) is 0 Å². The molecule has 4 nitrogen and oxygen atoms in total. The van der Waals surface area contributed by atoms with Crippen molar-refractivity contribution < 1.29 is 15.0 Å². The summed E-state index contributed by atoms with van der Waals surface area (Å²) in [5, 5.41) is 20.8. The Labute approximate surface area is 82.2 Å². The van der Waals surface area contributed by atoms with Gasteiger partial charge >= 0.3 is 5.97 Å². The summed E-state index contributed by atoms with van der Waals surface area (Å²) >= 11 is 0. The van der Waals surface area contributed by atoms with Gasteiger partial charge in [0, 0.05) is 6.54 Å². The van der Waals surface area contributed by atoms with Crippen LogP contribution in [0.15, 0.2) is 18.2 Å². The van der Waals surface area contributed by atoms with Gasteiger partial charge in [0.25, 0.3) is 0 Å². The average Bonchev–Trinajstić information content (AvgIpc) is 2.09. The minimum atomic E-state index is -0.895. The number of nitrogens with one attached hydrogen (secondary N) is 1. The van der Waals surface area contributed by atoms with Crippen LogP contribution in [0.3, 0.4) is 0 Å². The van der Waals surface area contributed by atoms with Crippen LogP contribution in [0.1, 0.15) is 11.1 Å². The van der Waals surface area contributed by atoms with E-state index in [0.29, 0.717) is 12.1 Å². The Morgan fingerprint density at radius 2 is 2.14 bits per heavy atom. The third-order valence-corrected chi connectivity index (χ3v) is 1.90. The van der Waals surface area contributed by atoms with Crippen LogP contribution in [0.25, 0.3) is 0 Å². The van der Waals surface area contributed by atoms with Crippen molar-refractivity contribution in [2.75, 3.05) is 7.05 Å². The van der Waals surface area contributed by atoms with E-state index in [0.717, 1.165) is 5.56 Å². The molecule has 0 amide bonds. The lowest BCUT2D eigenvalue weighted by Gasteiger charge is -2.07. The molecule has 4 heteroatoms. The normalized spacial score (nSPS) is 10.1. The largest absolute Gasteiger partial charge is 0.508 e. The molecular weight excluding hydrogens is 182 g/mol. The zero-order valence-electron chi connectivity index (χ0n) is 7.95. The fourth-order valence-corrected chi connectivity index (χ4v) is 1.30. The van der Waals surface area contributed by atoms with E-state index in [1.165, 1.54) is 6.07 Å². The van der Waals surface area contributed by atoms with Gasteiger partial charge in [-0.05, 0) is 30.3 Å². The van der Waals surface area contributed by atoms with Gasteiger partial charge in [0.05, 0.1) is 6.42 Å². The number of phenols is 1. The number of aliphatic carboxylic acids is 1. The minimum Gasteiger partial charge on any atom is -0.508 e. The zero-order valence-corrected chi connectivity index (χ0v) is 7.95. The van der Waals surface area contributed by atoms with Crippen LogP contribution in [0.4, 0.5) is 0 Å². The molecule has 76 valence electrons. The van der Waals surface area contributed by atoms with Crippen LogP contribution in [-0.2, 0) is 17.8 Å². The van der Waals surface area contributed by atoms with Gasteiger partial charge in [0.15, 0.2) is 0 Å². The summed E-state index contributed by atoms with van der Waals surface area (Å²) in [5.41, 5.74) is 1.54. The molecule has 0 aliphatic carbocycles. The lowest BCUT2D eigenvalue weighted by Crippen LogP contribution is -2.10. The molecular formula is C10H13NO3. The van der Waals surface area contributed by atoms with Crippen LogP contribution in [0, 0.1) is 0 Å². The predicted molar refractivity (Wildman–Crippen MR) is 52.2 cm³/mol. The summed E-state index contributed by atoms with van der Waals surface area (Å²) < 4.78 is 0. The van der Waals surface area contributed by atoms with E-state index in [-0.39, 0.29) is 12.2 Å². The van der Waals surface area contributed by atoms with E-state index in [4.69, 9.17) is 5.11 Å². The monoisotopic (exact) mass is 195 g/mol. The van der Waals surface area contributed by atoms with Gasteiger partial charge in [0.1, 0.15) is 5.75 Å². The van der Waals surface area contributed by atoms with Gasteiger partial charge < -0.3 is 15.5 Å². The summed E-state index contributed by atoms with van der Waals surface area (Å²) in [6.07, 6.45) is -0.0641. The van der Waals surface area contributed by atoms with Gasteiger partial charge in [-0.2, -0.15) is 0 Å². The highest BCUT2D eigenvalue weighted by Gasteiger charge is 2.06. The number of hydrogen-bond donors (Lipinski definition) is 3. The number of rotatable bonds is 4. The summed E-state index contributed by atoms with van der Waals surface area (Å²) in [5.74, 6) is -0.797. The topological polar surface area (TPSA) is 69.6 Å². The Morgan fingerprint density at radius 1 is 1.43 bits per heavy atom. The van der Waals surface area contributed by atoms with E-state index in [1.807, 2.05) is 0 Å². The standard InChI is InChI=1S/C10H13NO3/c1-11-6-7-2-3-9(12)4-8(7)5-10(13)14/h2-4,11-12H,5-6H2,1H3,(H,13,14). The van der Waals surface area contributed by atoms with E-state index >= 15 is 0 Å². The smallest absolute Gasteiger partial charge is 0.307 e. The molecule has 0 aliphatic heterocycles. The van der Waals surface area contributed by atoms with Crippen molar-refractivity contribution >= 4 is 5.97 Å². The number of carbonyl (C=O) groups is 1. The van der Waals surface area contributed by atoms with Gasteiger partial charge in [-0.3, -0.25) is 4.79 Å². The van der Waals surface area contributed by atoms with Crippen LogP contribution >= 0.6 is 0 Å². The van der Waals surface area contributed by atoms with Crippen LogP contribution in [-0.4, -0.2) is 23.2 Å². The first-order chi connectivity index (χ1) is 6.63. The maximum absolute atomic E-state index is 10.5. The van der Waals surface area contributed by atoms with Crippen LogP contribution in [0.5, 0.6) is 5.75 Å². The average molecular weight is 195 g/mol. The Bertz CT molecular complexity index is 336.